The lowest BCUT2D eigenvalue weighted by molar-refractivity contribution is 0.217. The molecule has 0 aromatic heterocycles. The maximum Gasteiger partial charge on any atom is 0.123 e. The second-order valence-electron chi connectivity index (χ2n) is 4.71. The van der Waals surface area contributed by atoms with E-state index in [-0.39, 0.29) is 5.82 Å². The largest absolute Gasteiger partial charge is 0.384 e. The van der Waals surface area contributed by atoms with Crippen molar-refractivity contribution in [1.82, 2.24) is 0 Å². The topological polar surface area (TPSA) is 20.2 Å². The number of aliphatic hydroxyl groups is 1. The van der Waals surface area contributed by atoms with Crippen molar-refractivity contribution in [2.45, 2.75) is 26.9 Å². The predicted molar refractivity (Wildman–Crippen MR) is 71.1 cm³/mol. The van der Waals surface area contributed by atoms with Crippen LogP contribution in [0.5, 0.6) is 0 Å². The van der Waals surface area contributed by atoms with Crippen molar-refractivity contribution in [3.05, 3.63) is 70.0 Å². The van der Waals surface area contributed by atoms with Gasteiger partial charge in [0, 0.05) is 0 Å². The molecular weight excluding hydrogens is 227 g/mol. The highest BCUT2D eigenvalue weighted by Crippen LogP contribution is 2.29. The first-order valence-corrected chi connectivity index (χ1v) is 6.01. The Morgan fingerprint density at radius 1 is 0.944 bits per heavy atom. The van der Waals surface area contributed by atoms with Gasteiger partial charge in [-0.05, 0) is 60.7 Å². The Bertz CT molecular complexity index is 555. The van der Waals surface area contributed by atoms with Crippen LogP contribution in [0, 0.1) is 26.6 Å². The lowest BCUT2D eigenvalue weighted by atomic mass is 9.91. The maximum absolute atomic E-state index is 13.3. The minimum absolute atomic E-state index is 0.319. The normalized spacial score (nSPS) is 12.5. The van der Waals surface area contributed by atoms with Gasteiger partial charge in [-0.1, -0.05) is 24.3 Å². The van der Waals surface area contributed by atoms with Crippen LogP contribution in [0.3, 0.4) is 0 Å². The smallest absolute Gasteiger partial charge is 0.123 e. The summed E-state index contributed by atoms with van der Waals surface area (Å²) in [5.41, 5.74) is 4.43. The third-order valence-electron chi connectivity index (χ3n) is 3.35. The highest BCUT2D eigenvalue weighted by Gasteiger charge is 2.17. The standard InChI is InChI=1S/C16H17FO/c1-10-7-8-13(17)9-14(10)16(18)15-11(2)5-4-6-12(15)3/h4-9,16,18H,1-3H3. The maximum atomic E-state index is 13.3. The SMILES string of the molecule is Cc1ccc(F)cc1C(O)c1c(C)cccc1C. The molecule has 0 aliphatic rings. The molecule has 0 fully saturated rings. The van der Waals surface area contributed by atoms with Crippen LogP contribution in [-0.4, -0.2) is 5.11 Å². The van der Waals surface area contributed by atoms with Gasteiger partial charge in [-0.25, -0.2) is 4.39 Å². The van der Waals surface area contributed by atoms with Crippen molar-refractivity contribution >= 4 is 0 Å². The van der Waals surface area contributed by atoms with E-state index in [1.807, 2.05) is 39.0 Å². The zero-order valence-electron chi connectivity index (χ0n) is 10.9. The Labute approximate surface area is 107 Å². The Balaban J connectivity index is 2.54. The number of rotatable bonds is 2. The summed E-state index contributed by atoms with van der Waals surface area (Å²) in [6.07, 6.45) is -0.776. The van der Waals surface area contributed by atoms with Gasteiger partial charge in [0.1, 0.15) is 11.9 Å². The molecule has 2 heteroatoms. The molecule has 1 atom stereocenters. The zero-order valence-corrected chi connectivity index (χ0v) is 10.9. The summed E-state index contributed by atoms with van der Waals surface area (Å²) in [6.45, 7) is 5.80. The second-order valence-corrected chi connectivity index (χ2v) is 4.71. The molecule has 0 spiro atoms. The van der Waals surface area contributed by atoms with E-state index in [9.17, 15) is 9.50 Å². The van der Waals surface area contributed by atoms with Gasteiger partial charge < -0.3 is 5.11 Å². The molecule has 1 N–H and O–H groups in total. The first kappa shape index (κ1) is 12.8. The quantitative estimate of drug-likeness (QED) is 0.851. The molecule has 1 unspecified atom stereocenters. The Morgan fingerprint density at radius 2 is 1.56 bits per heavy atom. The van der Waals surface area contributed by atoms with Gasteiger partial charge in [0.2, 0.25) is 0 Å². The molecule has 2 aromatic rings. The minimum Gasteiger partial charge on any atom is -0.384 e. The highest BCUT2D eigenvalue weighted by atomic mass is 19.1. The van der Waals surface area contributed by atoms with Gasteiger partial charge in [0.05, 0.1) is 0 Å². The molecule has 0 saturated heterocycles. The molecule has 0 saturated carbocycles. The van der Waals surface area contributed by atoms with Gasteiger partial charge in [-0.2, -0.15) is 0 Å². The Kier molecular flexibility index (Phi) is 3.48. The van der Waals surface area contributed by atoms with E-state index in [2.05, 4.69) is 0 Å². The molecule has 94 valence electrons. The van der Waals surface area contributed by atoms with E-state index >= 15 is 0 Å². The van der Waals surface area contributed by atoms with Crippen LogP contribution in [0.2, 0.25) is 0 Å². The molecule has 0 aliphatic carbocycles. The van der Waals surface area contributed by atoms with Crippen molar-refractivity contribution < 1.29 is 9.50 Å². The van der Waals surface area contributed by atoms with E-state index in [0.29, 0.717) is 5.56 Å². The Hall–Kier alpha value is -1.67. The van der Waals surface area contributed by atoms with Gasteiger partial charge in [-0.15, -0.1) is 0 Å². The fraction of sp³-hybridized carbons (Fsp3) is 0.250. The van der Waals surface area contributed by atoms with Crippen LogP contribution < -0.4 is 0 Å². The van der Waals surface area contributed by atoms with Crippen LogP contribution in [0.15, 0.2) is 36.4 Å². The summed E-state index contributed by atoms with van der Waals surface area (Å²) < 4.78 is 13.3. The van der Waals surface area contributed by atoms with Gasteiger partial charge in [0.15, 0.2) is 0 Å². The van der Waals surface area contributed by atoms with Gasteiger partial charge >= 0.3 is 0 Å². The highest BCUT2D eigenvalue weighted by molar-refractivity contribution is 5.42. The lowest BCUT2D eigenvalue weighted by Crippen LogP contribution is -2.06. The molecule has 0 aliphatic heterocycles. The molecule has 2 rings (SSSR count). The van der Waals surface area contributed by atoms with E-state index in [4.69, 9.17) is 0 Å². The first-order chi connectivity index (χ1) is 8.50. The van der Waals surface area contributed by atoms with Crippen molar-refractivity contribution in [3.8, 4) is 0 Å². The number of aliphatic hydroxyl groups excluding tert-OH is 1. The van der Waals surface area contributed by atoms with Crippen LogP contribution in [0.4, 0.5) is 4.39 Å². The molecule has 18 heavy (non-hydrogen) atoms. The zero-order chi connectivity index (χ0) is 13.3. The summed E-state index contributed by atoms with van der Waals surface area (Å²) in [5.74, 6) is -0.319. The molecule has 0 amide bonds. The number of hydrogen-bond donors (Lipinski definition) is 1. The lowest BCUT2D eigenvalue weighted by Gasteiger charge is -2.18. The monoisotopic (exact) mass is 244 g/mol. The van der Waals surface area contributed by atoms with Gasteiger partial charge in [-0.3, -0.25) is 0 Å². The first-order valence-electron chi connectivity index (χ1n) is 6.01. The average Bonchev–Trinajstić information content (AvgIpc) is 2.32. The molecule has 1 nitrogen and oxygen atoms in total. The van der Waals surface area contributed by atoms with Crippen LogP contribution in [0.1, 0.15) is 33.9 Å². The number of aryl methyl sites for hydroxylation is 3. The second kappa shape index (κ2) is 4.91. The van der Waals surface area contributed by atoms with Crippen molar-refractivity contribution in [2.24, 2.45) is 0 Å². The van der Waals surface area contributed by atoms with Gasteiger partial charge in [0.25, 0.3) is 0 Å². The van der Waals surface area contributed by atoms with Crippen molar-refractivity contribution in [1.29, 1.82) is 0 Å². The molecule has 2 aromatic carbocycles. The van der Waals surface area contributed by atoms with E-state index in [1.54, 1.807) is 6.07 Å². The molecular formula is C16H17FO. The third-order valence-corrected chi connectivity index (χ3v) is 3.35. The number of hydrogen-bond acceptors (Lipinski definition) is 1. The minimum atomic E-state index is -0.776. The molecule has 0 bridgehead atoms. The summed E-state index contributed by atoms with van der Waals surface area (Å²) in [6, 6.07) is 10.4. The summed E-state index contributed by atoms with van der Waals surface area (Å²) >= 11 is 0. The summed E-state index contributed by atoms with van der Waals surface area (Å²) in [7, 11) is 0. The Morgan fingerprint density at radius 3 is 2.17 bits per heavy atom. The number of benzene rings is 2. The average molecular weight is 244 g/mol. The fourth-order valence-corrected chi connectivity index (χ4v) is 2.32. The third kappa shape index (κ3) is 2.29. The predicted octanol–water partition coefficient (Wildman–Crippen LogP) is 3.83. The van der Waals surface area contributed by atoms with E-state index in [0.717, 1.165) is 22.3 Å². The number of halogens is 1. The fourth-order valence-electron chi connectivity index (χ4n) is 2.32. The van der Waals surface area contributed by atoms with Crippen LogP contribution >= 0.6 is 0 Å². The summed E-state index contributed by atoms with van der Waals surface area (Å²) in [5, 5.41) is 10.5. The van der Waals surface area contributed by atoms with E-state index < -0.39 is 6.10 Å². The molecule has 0 radical (unpaired) electrons. The van der Waals surface area contributed by atoms with Crippen LogP contribution in [0.25, 0.3) is 0 Å². The van der Waals surface area contributed by atoms with E-state index in [1.165, 1.54) is 12.1 Å². The molecule has 0 heterocycles. The summed E-state index contributed by atoms with van der Waals surface area (Å²) in [4.78, 5) is 0. The van der Waals surface area contributed by atoms with Crippen LogP contribution in [-0.2, 0) is 0 Å². The van der Waals surface area contributed by atoms with Crippen molar-refractivity contribution in [3.63, 3.8) is 0 Å². The van der Waals surface area contributed by atoms with Crippen molar-refractivity contribution in [2.75, 3.05) is 0 Å².